The predicted octanol–water partition coefficient (Wildman–Crippen LogP) is 3.92. The van der Waals surface area contributed by atoms with Crippen molar-refractivity contribution in [3.05, 3.63) is 29.8 Å². The van der Waals surface area contributed by atoms with Gasteiger partial charge in [-0.05, 0) is 38.8 Å². The highest BCUT2D eigenvalue weighted by atomic mass is 16.2. The van der Waals surface area contributed by atoms with Gasteiger partial charge in [-0.25, -0.2) is 0 Å². The van der Waals surface area contributed by atoms with Crippen LogP contribution in [0.5, 0.6) is 0 Å². The predicted molar refractivity (Wildman–Crippen MR) is 93.8 cm³/mol. The van der Waals surface area contributed by atoms with Gasteiger partial charge >= 0.3 is 0 Å². The van der Waals surface area contributed by atoms with Gasteiger partial charge in [-0.2, -0.15) is 0 Å². The van der Waals surface area contributed by atoms with E-state index < -0.39 is 0 Å². The first-order valence-electron chi connectivity index (χ1n) is 8.75. The van der Waals surface area contributed by atoms with E-state index in [-0.39, 0.29) is 17.7 Å². The molecule has 4 heteroatoms. The van der Waals surface area contributed by atoms with Crippen molar-refractivity contribution in [2.45, 2.75) is 70.9 Å². The number of ketones is 1. The summed E-state index contributed by atoms with van der Waals surface area (Å²) in [6.07, 6.45) is 8.68. The first-order chi connectivity index (χ1) is 11.1. The standard InChI is InChI=1S/C19H28N2O2/c1-14(20-16-10-6-4-3-5-7-11-16)19(23)21-18-13-9-8-12-17(18)15(2)22/h8-9,12-14,16,20H,3-7,10-11H2,1-2H3,(H,21,23)/t14-/m0/s1. The quantitative estimate of drug-likeness (QED) is 0.810. The monoisotopic (exact) mass is 316 g/mol. The summed E-state index contributed by atoms with van der Waals surface area (Å²) in [4.78, 5) is 24.1. The van der Waals surface area contributed by atoms with Crippen molar-refractivity contribution in [3.63, 3.8) is 0 Å². The van der Waals surface area contributed by atoms with E-state index in [1.54, 1.807) is 12.1 Å². The van der Waals surface area contributed by atoms with E-state index >= 15 is 0 Å². The van der Waals surface area contributed by atoms with Gasteiger partial charge in [-0.15, -0.1) is 0 Å². The smallest absolute Gasteiger partial charge is 0.241 e. The molecule has 0 saturated heterocycles. The number of hydrogen-bond donors (Lipinski definition) is 2. The van der Waals surface area contributed by atoms with Crippen molar-refractivity contribution in [2.24, 2.45) is 0 Å². The van der Waals surface area contributed by atoms with Crippen molar-refractivity contribution < 1.29 is 9.59 Å². The number of carbonyl (C=O) groups excluding carboxylic acids is 2. The van der Waals surface area contributed by atoms with Gasteiger partial charge in [0.2, 0.25) is 5.91 Å². The Kier molecular flexibility index (Phi) is 6.78. The molecule has 1 amide bonds. The molecule has 2 rings (SSSR count). The van der Waals surface area contributed by atoms with E-state index in [0.717, 1.165) is 12.8 Å². The Bertz CT molecular complexity index is 534. The number of para-hydroxylation sites is 1. The van der Waals surface area contributed by atoms with Gasteiger partial charge in [0.05, 0.1) is 11.7 Å². The highest BCUT2D eigenvalue weighted by molar-refractivity contribution is 6.04. The summed E-state index contributed by atoms with van der Waals surface area (Å²) in [6.45, 7) is 3.41. The third-order valence-electron chi connectivity index (χ3n) is 4.55. The second-order valence-electron chi connectivity index (χ2n) is 6.52. The van der Waals surface area contributed by atoms with Crippen LogP contribution in [0.3, 0.4) is 0 Å². The number of Topliss-reactive ketones (excluding diaryl/α,β-unsaturated/α-hetero) is 1. The van der Waals surface area contributed by atoms with Gasteiger partial charge in [-0.1, -0.05) is 44.2 Å². The SMILES string of the molecule is CC(=O)c1ccccc1NC(=O)[C@H](C)NC1CCCCCCC1. The third kappa shape index (κ3) is 5.47. The van der Waals surface area contributed by atoms with Gasteiger partial charge in [0.25, 0.3) is 0 Å². The molecule has 2 N–H and O–H groups in total. The van der Waals surface area contributed by atoms with Gasteiger partial charge in [0.15, 0.2) is 5.78 Å². The fourth-order valence-corrected chi connectivity index (χ4v) is 3.19. The molecule has 1 saturated carbocycles. The minimum atomic E-state index is -0.264. The van der Waals surface area contributed by atoms with Gasteiger partial charge in [0.1, 0.15) is 0 Å². The van der Waals surface area contributed by atoms with E-state index in [4.69, 9.17) is 0 Å². The zero-order chi connectivity index (χ0) is 16.7. The molecule has 1 atom stereocenters. The molecule has 0 spiro atoms. The fraction of sp³-hybridized carbons (Fsp3) is 0.579. The average molecular weight is 316 g/mol. The molecule has 0 aromatic heterocycles. The van der Waals surface area contributed by atoms with Crippen LogP contribution in [-0.2, 0) is 4.79 Å². The Morgan fingerprint density at radius 1 is 1.04 bits per heavy atom. The van der Waals surface area contributed by atoms with Crippen LogP contribution in [0.25, 0.3) is 0 Å². The Labute approximate surface area is 139 Å². The molecule has 1 aromatic carbocycles. The highest BCUT2D eigenvalue weighted by Gasteiger charge is 2.19. The molecule has 23 heavy (non-hydrogen) atoms. The Balaban J connectivity index is 1.93. The number of benzene rings is 1. The number of nitrogens with one attached hydrogen (secondary N) is 2. The number of rotatable bonds is 5. The van der Waals surface area contributed by atoms with Crippen molar-refractivity contribution in [2.75, 3.05) is 5.32 Å². The average Bonchev–Trinajstić information content (AvgIpc) is 2.50. The van der Waals surface area contributed by atoms with Crippen molar-refractivity contribution >= 4 is 17.4 Å². The third-order valence-corrected chi connectivity index (χ3v) is 4.55. The Hall–Kier alpha value is -1.68. The molecule has 1 aromatic rings. The van der Waals surface area contributed by atoms with Crippen LogP contribution in [0.4, 0.5) is 5.69 Å². The maximum Gasteiger partial charge on any atom is 0.241 e. The fourth-order valence-electron chi connectivity index (χ4n) is 3.19. The number of anilines is 1. The lowest BCUT2D eigenvalue weighted by molar-refractivity contribution is -0.118. The number of amides is 1. The second kappa shape index (κ2) is 8.82. The van der Waals surface area contributed by atoms with Crippen LogP contribution >= 0.6 is 0 Å². The van der Waals surface area contributed by atoms with E-state index in [2.05, 4.69) is 10.6 Å². The maximum absolute atomic E-state index is 12.4. The first kappa shape index (κ1) is 17.7. The minimum absolute atomic E-state index is 0.0402. The summed E-state index contributed by atoms with van der Waals surface area (Å²) < 4.78 is 0. The summed E-state index contributed by atoms with van der Waals surface area (Å²) in [7, 11) is 0. The Morgan fingerprint density at radius 3 is 2.30 bits per heavy atom. The van der Waals surface area contributed by atoms with Crippen LogP contribution in [0.1, 0.15) is 69.2 Å². The molecule has 0 unspecified atom stereocenters. The van der Waals surface area contributed by atoms with Crippen LogP contribution < -0.4 is 10.6 Å². The molecule has 126 valence electrons. The summed E-state index contributed by atoms with van der Waals surface area (Å²) in [6, 6.07) is 7.30. The van der Waals surface area contributed by atoms with Crippen molar-refractivity contribution in [3.8, 4) is 0 Å². The summed E-state index contributed by atoms with van der Waals surface area (Å²) in [5.41, 5.74) is 1.15. The zero-order valence-corrected chi connectivity index (χ0v) is 14.2. The lowest BCUT2D eigenvalue weighted by atomic mass is 9.96. The largest absolute Gasteiger partial charge is 0.324 e. The van der Waals surface area contributed by atoms with Gasteiger partial charge in [0, 0.05) is 11.6 Å². The number of carbonyl (C=O) groups is 2. The van der Waals surface area contributed by atoms with Crippen molar-refractivity contribution in [1.29, 1.82) is 0 Å². The molecule has 1 fully saturated rings. The lowest BCUT2D eigenvalue weighted by Crippen LogP contribution is -2.44. The molecule has 0 radical (unpaired) electrons. The van der Waals surface area contributed by atoms with Crippen LogP contribution in [0, 0.1) is 0 Å². The first-order valence-corrected chi connectivity index (χ1v) is 8.75. The topological polar surface area (TPSA) is 58.2 Å². The molecule has 0 bridgehead atoms. The van der Waals surface area contributed by atoms with Gasteiger partial charge < -0.3 is 10.6 Å². The molecular formula is C19H28N2O2. The minimum Gasteiger partial charge on any atom is -0.324 e. The van der Waals surface area contributed by atoms with Crippen molar-refractivity contribution in [1.82, 2.24) is 5.32 Å². The van der Waals surface area contributed by atoms with Crippen LogP contribution in [-0.4, -0.2) is 23.8 Å². The highest BCUT2D eigenvalue weighted by Crippen LogP contribution is 2.18. The summed E-state index contributed by atoms with van der Waals surface area (Å²) in [5, 5.41) is 6.35. The van der Waals surface area contributed by atoms with Crippen LogP contribution in [0.2, 0.25) is 0 Å². The Morgan fingerprint density at radius 2 is 1.65 bits per heavy atom. The molecule has 1 aliphatic carbocycles. The molecule has 1 aliphatic rings. The molecule has 0 aliphatic heterocycles. The number of hydrogen-bond acceptors (Lipinski definition) is 3. The molecule has 4 nitrogen and oxygen atoms in total. The zero-order valence-electron chi connectivity index (χ0n) is 14.2. The van der Waals surface area contributed by atoms with Gasteiger partial charge in [-0.3, -0.25) is 9.59 Å². The van der Waals surface area contributed by atoms with E-state index in [9.17, 15) is 9.59 Å². The second-order valence-corrected chi connectivity index (χ2v) is 6.52. The molecule has 0 heterocycles. The maximum atomic E-state index is 12.4. The van der Waals surface area contributed by atoms with Crippen LogP contribution in [0.15, 0.2) is 24.3 Å². The summed E-state index contributed by atoms with van der Waals surface area (Å²) in [5.74, 6) is -0.123. The van der Waals surface area contributed by atoms with E-state index in [1.165, 1.54) is 39.0 Å². The van der Waals surface area contributed by atoms with E-state index in [0.29, 0.717) is 17.3 Å². The summed E-state index contributed by atoms with van der Waals surface area (Å²) >= 11 is 0. The van der Waals surface area contributed by atoms with E-state index in [1.807, 2.05) is 19.1 Å². The lowest BCUT2D eigenvalue weighted by Gasteiger charge is -2.24. The normalized spacial score (nSPS) is 17.8. The molecular weight excluding hydrogens is 288 g/mol.